The summed E-state index contributed by atoms with van der Waals surface area (Å²) in [7, 11) is 0. The molecule has 0 saturated heterocycles. The molecule has 0 amide bonds. The minimum atomic E-state index is -0.462. The lowest BCUT2D eigenvalue weighted by Crippen LogP contribution is -2.21. The predicted octanol–water partition coefficient (Wildman–Crippen LogP) is 4.73. The Labute approximate surface area is 169 Å². The summed E-state index contributed by atoms with van der Waals surface area (Å²) in [6.07, 6.45) is 4.98. The van der Waals surface area contributed by atoms with Crippen LogP contribution in [0.4, 0.5) is 5.82 Å². The van der Waals surface area contributed by atoms with Gasteiger partial charge in [-0.25, -0.2) is 0 Å². The number of aliphatic hydroxyl groups excluding tert-OH is 1. The number of hydrogen-bond donors (Lipinski definition) is 1. The Hall–Kier alpha value is -3.56. The van der Waals surface area contributed by atoms with Crippen molar-refractivity contribution in [3.05, 3.63) is 72.5 Å². The molecule has 4 aromatic rings. The SMILES string of the molecule is [C-]#[N+]c1ccc(-c2cnn(CC(O)C(C)C)c2)c(-c2ccc3cccnc3c2)n1. The number of fused-ring (bicyclic) bond motifs is 1. The van der Waals surface area contributed by atoms with Crippen LogP contribution in [0.1, 0.15) is 13.8 Å². The maximum absolute atomic E-state index is 10.1. The Kier molecular flexibility index (Phi) is 5.07. The predicted molar refractivity (Wildman–Crippen MR) is 113 cm³/mol. The van der Waals surface area contributed by atoms with Gasteiger partial charge in [-0.05, 0) is 30.2 Å². The molecule has 1 aromatic carbocycles. The average molecular weight is 383 g/mol. The minimum Gasteiger partial charge on any atom is -0.391 e. The lowest BCUT2D eigenvalue weighted by molar-refractivity contribution is 0.103. The first kappa shape index (κ1) is 18.8. The van der Waals surface area contributed by atoms with Gasteiger partial charge in [0, 0.05) is 34.5 Å². The van der Waals surface area contributed by atoms with E-state index in [1.165, 1.54) is 0 Å². The maximum Gasteiger partial charge on any atom is 0.270 e. The molecular formula is C23H21N5O. The maximum atomic E-state index is 10.1. The summed E-state index contributed by atoms with van der Waals surface area (Å²) in [6.45, 7) is 11.7. The summed E-state index contributed by atoms with van der Waals surface area (Å²) >= 11 is 0. The molecule has 0 aliphatic carbocycles. The van der Waals surface area contributed by atoms with Crippen molar-refractivity contribution in [3.63, 3.8) is 0 Å². The highest BCUT2D eigenvalue weighted by Crippen LogP contribution is 2.33. The summed E-state index contributed by atoms with van der Waals surface area (Å²) in [5.41, 5.74) is 4.27. The second-order valence-electron chi connectivity index (χ2n) is 7.35. The van der Waals surface area contributed by atoms with E-state index in [2.05, 4.69) is 19.9 Å². The second kappa shape index (κ2) is 7.82. The zero-order valence-electron chi connectivity index (χ0n) is 16.3. The molecular weight excluding hydrogens is 362 g/mol. The van der Waals surface area contributed by atoms with Gasteiger partial charge in [-0.1, -0.05) is 38.6 Å². The third kappa shape index (κ3) is 3.86. The van der Waals surface area contributed by atoms with Crippen molar-refractivity contribution >= 4 is 16.7 Å². The molecule has 3 heterocycles. The van der Waals surface area contributed by atoms with Crippen LogP contribution in [0.2, 0.25) is 0 Å². The van der Waals surface area contributed by atoms with Gasteiger partial charge >= 0.3 is 0 Å². The summed E-state index contributed by atoms with van der Waals surface area (Å²) in [5.74, 6) is 0.496. The Morgan fingerprint density at radius 1 is 1.14 bits per heavy atom. The van der Waals surface area contributed by atoms with E-state index in [4.69, 9.17) is 6.57 Å². The molecule has 0 bridgehead atoms. The third-order valence-corrected chi connectivity index (χ3v) is 4.96. The topological polar surface area (TPSA) is 68.2 Å². The zero-order chi connectivity index (χ0) is 20.4. The van der Waals surface area contributed by atoms with E-state index in [0.29, 0.717) is 12.4 Å². The van der Waals surface area contributed by atoms with Crippen LogP contribution in [0.15, 0.2) is 61.1 Å². The van der Waals surface area contributed by atoms with Crippen molar-refractivity contribution < 1.29 is 5.11 Å². The largest absolute Gasteiger partial charge is 0.391 e. The second-order valence-corrected chi connectivity index (χ2v) is 7.35. The van der Waals surface area contributed by atoms with E-state index in [0.717, 1.165) is 33.3 Å². The first-order valence-electron chi connectivity index (χ1n) is 9.49. The van der Waals surface area contributed by atoms with Gasteiger partial charge in [0.1, 0.15) is 0 Å². The molecule has 3 aromatic heterocycles. The average Bonchev–Trinajstić information content (AvgIpc) is 3.21. The Morgan fingerprint density at radius 2 is 2.00 bits per heavy atom. The first-order chi connectivity index (χ1) is 14.0. The number of nitrogens with zero attached hydrogens (tertiary/aromatic N) is 5. The Bertz CT molecular complexity index is 1210. The van der Waals surface area contributed by atoms with E-state index in [-0.39, 0.29) is 5.92 Å². The molecule has 0 radical (unpaired) electrons. The Balaban J connectivity index is 1.78. The first-order valence-corrected chi connectivity index (χ1v) is 9.49. The molecule has 6 nitrogen and oxygen atoms in total. The summed E-state index contributed by atoms with van der Waals surface area (Å²) in [4.78, 5) is 12.5. The van der Waals surface area contributed by atoms with E-state index in [1.54, 1.807) is 23.1 Å². The highest BCUT2D eigenvalue weighted by atomic mass is 16.3. The fourth-order valence-corrected chi connectivity index (χ4v) is 3.18. The molecule has 0 saturated carbocycles. The molecule has 0 spiro atoms. The quantitative estimate of drug-likeness (QED) is 0.506. The van der Waals surface area contributed by atoms with Crippen molar-refractivity contribution in [2.75, 3.05) is 0 Å². The zero-order valence-corrected chi connectivity index (χ0v) is 16.3. The molecule has 1 unspecified atom stereocenters. The number of benzene rings is 1. The third-order valence-electron chi connectivity index (χ3n) is 4.96. The molecule has 144 valence electrons. The molecule has 1 N–H and O–H groups in total. The fourth-order valence-electron chi connectivity index (χ4n) is 3.18. The lowest BCUT2D eigenvalue weighted by atomic mass is 10.0. The van der Waals surface area contributed by atoms with E-state index in [9.17, 15) is 5.11 Å². The van der Waals surface area contributed by atoms with Crippen molar-refractivity contribution in [1.29, 1.82) is 0 Å². The molecule has 29 heavy (non-hydrogen) atoms. The summed E-state index contributed by atoms with van der Waals surface area (Å²) in [5, 5.41) is 15.6. The monoisotopic (exact) mass is 383 g/mol. The smallest absolute Gasteiger partial charge is 0.270 e. The van der Waals surface area contributed by atoms with Crippen LogP contribution in [0, 0.1) is 12.5 Å². The van der Waals surface area contributed by atoms with Gasteiger partial charge in [0.15, 0.2) is 5.69 Å². The van der Waals surface area contributed by atoms with Crippen molar-refractivity contribution in [2.24, 2.45) is 5.92 Å². The molecule has 6 heteroatoms. The van der Waals surface area contributed by atoms with Crippen molar-refractivity contribution in [3.8, 4) is 22.4 Å². The molecule has 4 rings (SSSR count). The van der Waals surface area contributed by atoms with Crippen LogP contribution in [0.5, 0.6) is 0 Å². The number of aliphatic hydroxyl groups is 1. The van der Waals surface area contributed by atoms with Crippen molar-refractivity contribution in [1.82, 2.24) is 19.7 Å². The van der Waals surface area contributed by atoms with Gasteiger partial charge < -0.3 is 9.95 Å². The van der Waals surface area contributed by atoms with Crippen LogP contribution in [-0.4, -0.2) is 31.0 Å². The van der Waals surface area contributed by atoms with Crippen LogP contribution >= 0.6 is 0 Å². The van der Waals surface area contributed by atoms with Crippen LogP contribution in [0.3, 0.4) is 0 Å². The normalized spacial score (nSPS) is 12.2. The van der Waals surface area contributed by atoms with Gasteiger partial charge in [-0.15, -0.1) is 4.98 Å². The summed E-state index contributed by atoms with van der Waals surface area (Å²) < 4.78 is 1.74. The number of aromatic nitrogens is 4. The minimum absolute atomic E-state index is 0.155. The molecule has 1 atom stereocenters. The van der Waals surface area contributed by atoms with Gasteiger partial charge in [0.2, 0.25) is 0 Å². The van der Waals surface area contributed by atoms with E-state index >= 15 is 0 Å². The lowest BCUT2D eigenvalue weighted by Gasteiger charge is -2.13. The molecule has 0 fully saturated rings. The van der Waals surface area contributed by atoms with Crippen LogP contribution < -0.4 is 0 Å². The van der Waals surface area contributed by atoms with Gasteiger partial charge in [0.25, 0.3) is 5.82 Å². The number of hydrogen-bond acceptors (Lipinski definition) is 4. The van der Waals surface area contributed by atoms with Crippen molar-refractivity contribution in [2.45, 2.75) is 26.5 Å². The highest BCUT2D eigenvalue weighted by molar-refractivity contribution is 5.88. The Morgan fingerprint density at radius 3 is 2.79 bits per heavy atom. The van der Waals surface area contributed by atoms with E-state index in [1.807, 2.05) is 56.4 Å². The van der Waals surface area contributed by atoms with Gasteiger partial charge in [-0.3, -0.25) is 9.67 Å². The number of pyridine rings is 2. The fraction of sp³-hybridized carbons (Fsp3) is 0.217. The molecule has 0 aliphatic rings. The van der Waals surface area contributed by atoms with Gasteiger partial charge in [-0.2, -0.15) is 5.10 Å². The highest BCUT2D eigenvalue weighted by Gasteiger charge is 2.17. The standard InChI is InChI=1S/C23H21N5O/c1-15(2)21(29)14-28-13-18(12-26-28)19-8-9-22(24-3)27-23(19)17-7-6-16-5-4-10-25-20(16)11-17/h4-13,15,21,29H,14H2,1-2H3. The van der Waals surface area contributed by atoms with Crippen LogP contribution in [0.25, 0.3) is 38.1 Å². The van der Waals surface area contributed by atoms with E-state index < -0.39 is 6.10 Å². The van der Waals surface area contributed by atoms with Gasteiger partial charge in [0.05, 0.1) is 24.4 Å². The summed E-state index contributed by atoms with van der Waals surface area (Å²) in [6, 6.07) is 13.5. The van der Waals surface area contributed by atoms with Crippen LogP contribution in [-0.2, 0) is 6.54 Å². The number of rotatable bonds is 5. The molecule has 0 aliphatic heterocycles.